The van der Waals surface area contributed by atoms with Gasteiger partial charge in [-0.2, -0.15) is 0 Å². The molecule has 0 radical (unpaired) electrons. The lowest BCUT2D eigenvalue weighted by Crippen LogP contribution is -2.40. The summed E-state index contributed by atoms with van der Waals surface area (Å²) >= 11 is 1.89. The van der Waals surface area contributed by atoms with E-state index in [-0.39, 0.29) is 0 Å². The van der Waals surface area contributed by atoms with Crippen LogP contribution < -0.4 is 0 Å². The molecular weight excluding hydrogens is 312 g/mol. The second-order valence-corrected chi connectivity index (χ2v) is 9.03. The molecule has 2 heteroatoms. The minimum absolute atomic E-state index is 0.451. The van der Waals surface area contributed by atoms with Crippen molar-refractivity contribution < 1.29 is 5.11 Å². The van der Waals surface area contributed by atoms with Gasteiger partial charge in [-0.3, -0.25) is 0 Å². The number of phenolic OH excluding ortho intramolecular Hbond substituents is 1. The van der Waals surface area contributed by atoms with E-state index in [1.54, 1.807) is 11.1 Å². The Balaban J connectivity index is 1.70. The van der Waals surface area contributed by atoms with Crippen LogP contribution in [0.1, 0.15) is 68.6 Å². The highest BCUT2D eigenvalue weighted by molar-refractivity contribution is 8.01. The summed E-state index contributed by atoms with van der Waals surface area (Å²) in [4.78, 5) is 0. The van der Waals surface area contributed by atoms with Crippen LogP contribution in [-0.4, -0.2) is 11.4 Å². The third-order valence-electron chi connectivity index (χ3n) is 7.41. The van der Waals surface area contributed by atoms with Crippen molar-refractivity contribution >= 4 is 11.8 Å². The number of hydrogen-bond acceptors (Lipinski definition) is 2. The highest BCUT2D eigenvalue weighted by Crippen LogP contribution is 2.63. The van der Waals surface area contributed by atoms with Crippen LogP contribution in [0, 0.1) is 17.3 Å². The maximum atomic E-state index is 10.2. The Hall–Kier alpha value is -0.890. The highest BCUT2D eigenvalue weighted by Gasteiger charge is 2.52. The van der Waals surface area contributed by atoms with Crippen LogP contribution in [0.3, 0.4) is 0 Å². The van der Waals surface area contributed by atoms with Crippen LogP contribution >= 0.6 is 11.8 Å². The van der Waals surface area contributed by atoms with Crippen molar-refractivity contribution in [3.63, 3.8) is 0 Å². The summed E-state index contributed by atoms with van der Waals surface area (Å²) in [6, 6.07) is 4.42. The Morgan fingerprint density at radius 1 is 1.25 bits per heavy atom. The molecular formula is C22H30OS. The first-order valence-electron chi connectivity index (χ1n) is 9.65. The summed E-state index contributed by atoms with van der Waals surface area (Å²) in [7, 11) is 0. The molecule has 1 nitrogen and oxygen atoms in total. The van der Waals surface area contributed by atoms with Crippen LogP contribution in [0.25, 0.3) is 0 Å². The molecule has 4 unspecified atom stereocenters. The molecule has 0 saturated heterocycles. The molecule has 3 aliphatic carbocycles. The largest absolute Gasteiger partial charge is 0.508 e. The van der Waals surface area contributed by atoms with E-state index in [4.69, 9.17) is 0 Å². The first-order chi connectivity index (χ1) is 11.6. The molecule has 1 aromatic rings. The zero-order valence-electron chi connectivity index (χ0n) is 15.3. The number of aryl methyl sites for hydroxylation is 2. The molecule has 4 rings (SSSR count). The van der Waals surface area contributed by atoms with Crippen molar-refractivity contribution in [2.75, 3.05) is 6.26 Å². The lowest BCUT2D eigenvalue weighted by molar-refractivity contribution is 0.0815. The second-order valence-electron chi connectivity index (χ2n) is 8.32. The van der Waals surface area contributed by atoms with E-state index in [0.717, 1.165) is 36.2 Å². The van der Waals surface area contributed by atoms with Gasteiger partial charge in [-0.25, -0.2) is 0 Å². The molecule has 1 aromatic carbocycles. The predicted octanol–water partition coefficient (Wildman–Crippen LogP) is 6.06. The summed E-state index contributed by atoms with van der Waals surface area (Å²) in [5.41, 5.74) is 6.31. The van der Waals surface area contributed by atoms with E-state index in [2.05, 4.69) is 37.6 Å². The molecule has 24 heavy (non-hydrogen) atoms. The monoisotopic (exact) mass is 342 g/mol. The van der Waals surface area contributed by atoms with Crippen molar-refractivity contribution in [1.82, 2.24) is 0 Å². The van der Waals surface area contributed by atoms with Crippen molar-refractivity contribution in [3.05, 3.63) is 39.8 Å². The number of phenols is 1. The maximum absolute atomic E-state index is 10.2. The van der Waals surface area contributed by atoms with E-state index in [1.807, 2.05) is 11.8 Å². The number of benzene rings is 1. The van der Waals surface area contributed by atoms with Gasteiger partial charge in [0.2, 0.25) is 0 Å². The van der Waals surface area contributed by atoms with Crippen molar-refractivity contribution in [2.45, 2.75) is 64.7 Å². The number of rotatable bonds is 2. The number of allylic oxidation sites excluding steroid dienone is 1. The fraction of sp³-hybridized carbons (Fsp3) is 0.636. The molecule has 1 N–H and O–H groups in total. The number of aromatic hydroxyl groups is 1. The van der Waals surface area contributed by atoms with Crippen molar-refractivity contribution in [3.8, 4) is 5.75 Å². The van der Waals surface area contributed by atoms with Gasteiger partial charge in [0, 0.05) is 0 Å². The predicted molar refractivity (Wildman–Crippen MR) is 104 cm³/mol. The lowest BCUT2D eigenvalue weighted by Gasteiger charge is -2.49. The average Bonchev–Trinajstić information content (AvgIpc) is 2.91. The fourth-order valence-corrected chi connectivity index (χ4v) is 6.79. The minimum atomic E-state index is 0.451. The van der Waals surface area contributed by atoms with E-state index in [0.29, 0.717) is 11.2 Å². The van der Waals surface area contributed by atoms with Gasteiger partial charge in [-0.05, 0) is 103 Å². The van der Waals surface area contributed by atoms with Gasteiger partial charge in [0.05, 0.1) is 0 Å². The fourth-order valence-electron chi connectivity index (χ4n) is 6.12. The minimum Gasteiger partial charge on any atom is -0.508 e. The van der Waals surface area contributed by atoms with Crippen LogP contribution in [0.5, 0.6) is 5.75 Å². The van der Waals surface area contributed by atoms with Gasteiger partial charge in [0.25, 0.3) is 0 Å². The molecule has 0 aromatic heterocycles. The Labute approximate surface area is 150 Å². The molecule has 130 valence electrons. The standard InChI is InChI=1S/C22H30OS/c1-4-14-11-19-15(12-21(14)23)5-7-18-17(19)9-10-22(2)16(13-24-3)6-8-20(18)22/h11-13,17-18,20,23H,4-10H2,1-3H3/b16-13+. The molecule has 2 fully saturated rings. The molecule has 0 spiro atoms. The maximum Gasteiger partial charge on any atom is 0.119 e. The topological polar surface area (TPSA) is 20.2 Å². The Bertz CT molecular complexity index is 677. The van der Waals surface area contributed by atoms with Crippen LogP contribution in [0.4, 0.5) is 0 Å². The zero-order valence-corrected chi connectivity index (χ0v) is 16.1. The summed E-state index contributed by atoms with van der Waals surface area (Å²) in [5.74, 6) is 2.95. The summed E-state index contributed by atoms with van der Waals surface area (Å²) in [5, 5.41) is 12.7. The molecule has 4 atom stereocenters. The van der Waals surface area contributed by atoms with Crippen LogP contribution in [0.15, 0.2) is 23.1 Å². The Kier molecular flexibility index (Phi) is 4.23. The summed E-state index contributed by atoms with van der Waals surface area (Å²) in [6.07, 6.45) is 11.0. The first-order valence-corrected chi connectivity index (χ1v) is 10.9. The second kappa shape index (κ2) is 6.12. The first kappa shape index (κ1) is 16.6. The Morgan fingerprint density at radius 2 is 2.08 bits per heavy atom. The smallest absolute Gasteiger partial charge is 0.119 e. The van der Waals surface area contributed by atoms with Gasteiger partial charge < -0.3 is 5.11 Å². The van der Waals surface area contributed by atoms with E-state index < -0.39 is 0 Å². The van der Waals surface area contributed by atoms with Gasteiger partial charge in [0.1, 0.15) is 5.75 Å². The zero-order chi connectivity index (χ0) is 16.9. The van der Waals surface area contributed by atoms with Gasteiger partial charge in [-0.15, -0.1) is 11.8 Å². The summed E-state index contributed by atoms with van der Waals surface area (Å²) < 4.78 is 0. The molecule has 3 aliphatic rings. The summed E-state index contributed by atoms with van der Waals surface area (Å²) in [6.45, 7) is 4.70. The molecule has 0 aliphatic heterocycles. The van der Waals surface area contributed by atoms with Crippen LogP contribution in [-0.2, 0) is 12.8 Å². The quantitative estimate of drug-likeness (QED) is 0.705. The highest BCUT2D eigenvalue weighted by atomic mass is 32.2. The third kappa shape index (κ3) is 2.36. The molecule has 0 amide bonds. The third-order valence-corrected chi connectivity index (χ3v) is 7.93. The van der Waals surface area contributed by atoms with Crippen molar-refractivity contribution in [1.29, 1.82) is 0 Å². The molecule has 0 heterocycles. The number of fused-ring (bicyclic) bond motifs is 5. The van der Waals surface area contributed by atoms with Crippen LogP contribution in [0.2, 0.25) is 0 Å². The number of thioether (sulfide) groups is 1. The SMILES string of the molecule is CCc1cc2c(cc1O)CCC1C2CCC2(C)/C(=C/SC)CCC12. The van der Waals surface area contributed by atoms with E-state index >= 15 is 0 Å². The lowest BCUT2D eigenvalue weighted by atomic mass is 9.55. The molecule has 2 saturated carbocycles. The average molecular weight is 343 g/mol. The van der Waals surface area contributed by atoms with E-state index in [1.165, 1.54) is 37.7 Å². The van der Waals surface area contributed by atoms with Gasteiger partial charge in [-0.1, -0.05) is 25.5 Å². The van der Waals surface area contributed by atoms with Gasteiger partial charge in [0.15, 0.2) is 0 Å². The van der Waals surface area contributed by atoms with Gasteiger partial charge >= 0.3 is 0 Å². The van der Waals surface area contributed by atoms with Crippen molar-refractivity contribution in [2.24, 2.45) is 17.3 Å². The molecule has 0 bridgehead atoms. The normalized spacial score (nSPS) is 36.3. The van der Waals surface area contributed by atoms with E-state index in [9.17, 15) is 5.11 Å². The number of hydrogen-bond donors (Lipinski definition) is 1. The Morgan fingerprint density at radius 3 is 2.83 bits per heavy atom.